The first-order chi connectivity index (χ1) is 24.9. The van der Waals surface area contributed by atoms with E-state index < -0.39 is 18.0 Å². The predicted molar refractivity (Wildman–Crippen MR) is 180 cm³/mol. The number of nitrogen functional groups attached to an aromatic ring is 1. The standard InChI is InChI=1S/C32H42F4N12O4/c1-43(28(51)21-4-7-45(8-5-21)23(49)3-2-6-44-19-32(35,36)20-44)18-24(50)46-9-11-47(12-10-46)30-40-27(22-17-38-29(37)39-25(22)26(33)34)41-31(42-30)48-13-15-52-16-14-48/h2-3,17,21,26H,4-16,18-20H2,1H3,(H2,37,38,39)/b3-2+. The van der Waals surface area contributed by atoms with Gasteiger partial charge in [0.2, 0.25) is 35.6 Å². The SMILES string of the molecule is CN(CC(=O)N1CCN(c2nc(-c3cnc(N)nc3C(F)F)nc(N3CCOCC3)n2)CC1)C(=O)C1CCN(C(=O)/C=C/CN2CC(F)(F)C2)CC1. The molecule has 16 nitrogen and oxygen atoms in total. The van der Waals surface area contributed by atoms with Gasteiger partial charge in [0.15, 0.2) is 5.82 Å². The second kappa shape index (κ2) is 15.9. The molecule has 20 heteroatoms. The van der Waals surface area contributed by atoms with E-state index in [2.05, 4.69) is 24.9 Å². The van der Waals surface area contributed by atoms with Crippen molar-refractivity contribution >= 4 is 35.6 Å². The number of alkyl halides is 4. The number of hydrogen-bond acceptors (Lipinski definition) is 13. The highest BCUT2D eigenvalue weighted by Crippen LogP contribution is 2.30. The van der Waals surface area contributed by atoms with Gasteiger partial charge in [-0.3, -0.25) is 19.3 Å². The molecule has 52 heavy (non-hydrogen) atoms. The molecule has 0 aromatic carbocycles. The third-order valence-electron chi connectivity index (χ3n) is 9.54. The van der Waals surface area contributed by atoms with Crippen LogP contribution in [0.15, 0.2) is 18.3 Å². The van der Waals surface area contributed by atoms with E-state index in [0.29, 0.717) is 84.4 Å². The van der Waals surface area contributed by atoms with Gasteiger partial charge in [-0.2, -0.15) is 15.0 Å². The number of piperazine rings is 1. The lowest BCUT2D eigenvalue weighted by Gasteiger charge is -2.38. The monoisotopic (exact) mass is 734 g/mol. The Labute approximate surface area is 297 Å². The lowest BCUT2D eigenvalue weighted by molar-refractivity contribution is -0.143. The Balaban J connectivity index is 1.01. The summed E-state index contributed by atoms with van der Waals surface area (Å²) in [6, 6.07) is 0. The van der Waals surface area contributed by atoms with Gasteiger partial charge in [0.05, 0.1) is 38.4 Å². The fourth-order valence-corrected chi connectivity index (χ4v) is 6.61. The number of anilines is 3. The molecule has 4 aliphatic rings. The highest BCUT2D eigenvalue weighted by Gasteiger charge is 2.43. The summed E-state index contributed by atoms with van der Waals surface area (Å²) >= 11 is 0. The lowest BCUT2D eigenvalue weighted by atomic mass is 9.95. The van der Waals surface area contributed by atoms with E-state index in [9.17, 15) is 31.9 Å². The molecule has 0 aliphatic carbocycles. The number of morpholine rings is 1. The number of piperidine rings is 1. The molecule has 4 aliphatic heterocycles. The van der Waals surface area contributed by atoms with Crippen LogP contribution >= 0.6 is 0 Å². The molecule has 0 saturated carbocycles. The Morgan fingerprint density at radius 1 is 0.942 bits per heavy atom. The number of likely N-dealkylation sites (N-methyl/N-ethyl adjacent to an activating group) is 1. The molecule has 2 N–H and O–H groups in total. The van der Waals surface area contributed by atoms with Crippen molar-refractivity contribution in [2.45, 2.75) is 25.2 Å². The van der Waals surface area contributed by atoms with Crippen molar-refractivity contribution in [1.82, 2.24) is 44.5 Å². The molecule has 6 heterocycles. The van der Waals surface area contributed by atoms with Gasteiger partial charge >= 0.3 is 0 Å². The van der Waals surface area contributed by atoms with Crippen LogP contribution in [-0.2, 0) is 19.1 Å². The van der Waals surface area contributed by atoms with Gasteiger partial charge in [-0.15, -0.1) is 0 Å². The largest absolute Gasteiger partial charge is 0.378 e. The van der Waals surface area contributed by atoms with E-state index in [0.717, 1.165) is 0 Å². The van der Waals surface area contributed by atoms with Crippen molar-refractivity contribution in [3.8, 4) is 11.4 Å². The average Bonchev–Trinajstić information content (AvgIpc) is 3.13. The molecule has 2 aromatic rings. The van der Waals surface area contributed by atoms with E-state index in [-0.39, 0.29) is 73.1 Å². The summed E-state index contributed by atoms with van der Waals surface area (Å²) in [6.45, 7) is 3.55. The smallest absolute Gasteiger partial charge is 0.281 e. The number of halogens is 4. The number of nitrogens with zero attached hydrogens (tertiary/aromatic N) is 11. The van der Waals surface area contributed by atoms with Crippen molar-refractivity contribution in [2.75, 3.05) is 114 Å². The van der Waals surface area contributed by atoms with Crippen molar-refractivity contribution in [1.29, 1.82) is 0 Å². The summed E-state index contributed by atoms with van der Waals surface area (Å²) in [7, 11) is 1.59. The Kier molecular flexibility index (Phi) is 11.3. The maximum Gasteiger partial charge on any atom is 0.281 e. The van der Waals surface area contributed by atoms with Gasteiger partial charge in [-0.1, -0.05) is 6.08 Å². The van der Waals surface area contributed by atoms with Crippen molar-refractivity contribution in [3.05, 3.63) is 24.0 Å². The molecule has 0 unspecified atom stereocenters. The predicted octanol–water partition coefficient (Wildman–Crippen LogP) is 0.538. The Morgan fingerprint density at radius 2 is 1.58 bits per heavy atom. The van der Waals surface area contributed by atoms with E-state index in [1.807, 2.05) is 9.80 Å². The quantitative estimate of drug-likeness (QED) is 0.265. The number of carbonyl (C=O) groups excluding carboxylic acids is 3. The second-order valence-corrected chi connectivity index (χ2v) is 13.3. The Bertz CT molecular complexity index is 1640. The summed E-state index contributed by atoms with van der Waals surface area (Å²) in [5.74, 6) is -3.37. The van der Waals surface area contributed by atoms with Crippen LogP contribution in [-0.4, -0.2) is 167 Å². The molecule has 4 fully saturated rings. The average molecular weight is 735 g/mol. The van der Waals surface area contributed by atoms with E-state index in [1.165, 1.54) is 17.2 Å². The van der Waals surface area contributed by atoms with Gasteiger partial charge in [-0.05, 0) is 12.8 Å². The zero-order valence-electron chi connectivity index (χ0n) is 28.8. The molecule has 0 atom stereocenters. The molecule has 2 aromatic heterocycles. The summed E-state index contributed by atoms with van der Waals surface area (Å²) in [4.78, 5) is 70.3. The molecular formula is C32H42F4N12O4. The van der Waals surface area contributed by atoms with Crippen LogP contribution in [0.4, 0.5) is 35.4 Å². The number of hydrogen-bond donors (Lipinski definition) is 1. The summed E-state index contributed by atoms with van der Waals surface area (Å²) in [5, 5.41) is 0. The molecular weight excluding hydrogens is 692 g/mol. The van der Waals surface area contributed by atoms with Gasteiger partial charge < -0.3 is 35.0 Å². The highest BCUT2D eigenvalue weighted by molar-refractivity contribution is 5.88. The van der Waals surface area contributed by atoms with E-state index in [1.54, 1.807) is 27.8 Å². The molecule has 0 bridgehead atoms. The summed E-state index contributed by atoms with van der Waals surface area (Å²) < 4.78 is 59.3. The highest BCUT2D eigenvalue weighted by atomic mass is 19.3. The molecule has 3 amide bonds. The fraction of sp³-hybridized carbons (Fsp3) is 0.625. The molecule has 6 rings (SSSR count). The minimum Gasteiger partial charge on any atom is -0.378 e. The minimum absolute atomic E-state index is 0.0241. The van der Waals surface area contributed by atoms with Crippen LogP contribution in [0.2, 0.25) is 0 Å². The van der Waals surface area contributed by atoms with Crippen LogP contribution in [0.1, 0.15) is 25.0 Å². The Hall–Kier alpha value is -4.72. The van der Waals surface area contributed by atoms with Crippen LogP contribution < -0.4 is 15.5 Å². The van der Waals surface area contributed by atoms with Crippen molar-refractivity contribution < 1.29 is 36.7 Å². The summed E-state index contributed by atoms with van der Waals surface area (Å²) in [6.07, 6.45) is 2.11. The van der Waals surface area contributed by atoms with Crippen molar-refractivity contribution in [3.63, 3.8) is 0 Å². The minimum atomic E-state index is -2.94. The van der Waals surface area contributed by atoms with Crippen LogP contribution in [0, 0.1) is 5.92 Å². The number of rotatable bonds is 10. The maximum absolute atomic E-state index is 13.9. The number of ether oxygens (including phenoxy) is 1. The number of carbonyl (C=O) groups is 3. The number of amides is 3. The second-order valence-electron chi connectivity index (χ2n) is 13.3. The van der Waals surface area contributed by atoms with Crippen LogP contribution in [0.3, 0.4) is 0 Å². The third kappa shape index (κ3) is 8.83. The summed E-state index contributed by atoms with van der Waals surface area (Å²) in [5.41, 5.74) is 4.93. The van der Waals surface area contributed by atoms with E-state index in [4.69, 9.17) is 10.5 Å². The molecule has 0 spiro atoms. The number of likely N-dealkylation sites (tertiary alicyclic amines) is 2. The zero-order valence-corrected chi connectivity index (χ0v) is 28.8. The lowest BCUT2D eigenvalue weighted by Crippen LogP contribution is -2.55. The van der Waals surface area contributed by atoms with E-state index >= 15 is 0 Å². The number of nitrogens with two attached hydrogens (primary N) is 1. The first-order valence-corrected chi connectivity index (χ1v) is 17.2. The van der Waals surface area contributed by atoms with Gasteiger partial charge in [0.25, 0.3) is 12.3 Å². The topological polar surface area (TPSA) is 170 Å². The normalized spacial score (nSPS) is 20.0. The third-order valence-corrected chi connectivity index (χ3v) is 9.54. The van der Waals surface area contributed by atoms with Gasteiger partial charge in [-0.25, -0.2) is 27.5 Å². The molecule has 0 radical (unpaired) electrons. The fourth-order valence-electron chi connectivity index (χ4n) is 6.61. The number of aromatic nitrogens is 5. The Morgan fingerprint density at radius 3 is 2.19 bits per heavy atom. The maximum atomic E-state index is 13.9. The first-order valence-electron chi connectivity index (χ1n) is 17.2. The van der Waals surface area contributed by atoms with Gasteiger partial charge in [0.1, 0.15) is 5.69 Å². The van der Waals surface area contributed by atoms with Gasteiger partial charge in [0, 0.05) is 84.1 Å². The van der Waals surface area contributed by atoms with Crippen LogP contribution in [0.5, 0.6) is 0 Å². The first kappa shape index (κ1) is 37.1. The molecule has 4 saturated heterocycles. The van der Waals surface area contributed by atoms with Crippen molar-refractivity contribution in [2.24, 2.45) is 5.92 Å². The molecule has 282 valence electrons. The zero-order chi connectivity index (χ0) is 37.0. The van der Waals surface area contributed by atoms with Crippen LogP contribution in [0.25, 0.3) is 11.4 Å².